The van der Waals surface area contributed by atoms with Gasteiger partial charge in [-0.2, -0.15) is 4.98 Å². The van der Waals surface area contributed by atoms with Crippen LogP contribution in [0.5, 0.6) is 0 Å². The van der Waals surface area contributed by atoms with Crippen LogP contribution in [0.15, 0.2) is 11.0 Å². The molecule has 14 heteroatoms. The Morgan fingerprint density at radius 2 is 2.19 bits per heavy atom. The molecule has 27 heavy (non-hydrogen) atoms. The summed E-state index contributed by atoms with van der Waals surface area (Å²) in [6, 6.07) is 0. The minimum absolute atomic E-state index is 0.0384. The Morgan fingerprint density at radius 1 is 1.52 bits per heavy atom. The molecule has 1 aliphatic heterocycles. The minimum atomic E-state index is -4.28. The molecular weight excluding hydrogens is 403 g/mol. The summed E-state index contributed by atoms with van der Waals surface area (Å²) >= 11 is 0. The molecule has 1 saturated heterocycles. The van der Waals surface area contributed by atoms with E-state index in [2.05, 4.69) is 10.3 Å². The molecule has 7 N–H and O–H groups in total. The second-order valence-electron chi connectivity index (χ2n) is 5.84. The number of thiol groups is 1. The number of nitrogens with one attached hydrogen (secondary N) is 1. The highest BCUT2D eigenvalue weighted by Crippen LogP contribution is 2.39. The number of aliphatic hydroxyl groups is 1. The van der Waals surface area contributed by atoms with Gasteiger partial charge in [0, 0.05) is 18.8 Å². The van der Waals surface area contributed by atoms with Crippen molar-refractivity contribution in [2.75, 3.05) is 26.0 Å². The fourth-order valence-electron chi connectivity index (χ4n) is 2.60. The van der Waals surface area contributed by atoms with Gasteiger partial charge in [-0.3, -0.25) is 9.36 Å². The van der Waals surface area contributed by atoms with E-state index in [1.165, 1.54) is 13.2 Å². The molecule has 1 aromatic rings. The molecule has 0 bridgehead atoms. The quantitative estimate of drug-likeness (QED) is 0.182. The number of nitrogen functional groups attached to an aromatic ring is 1. The fourth-order valence-corrected chi connectivity index (χ4v) is 5.55. The number of anilines is 1. The van der Waals surface area contributed by atoms with E-state index in [1.54, 1.807) is 6.92 Å². The molecule has 1 fully saturated rings. The summed E-state index contributed by atoms with van der Waals surface area (Å²) in [6.45, 7) is -3.60. The van der Waals surface area contributed by atoms with Crippen LogP contribution in [0.2, 0.25) is 0 Å². The zero-order chi connectivity index (χ0) is 20.4. The molecule has 2 rings (SSSR count). The molecular formula is C13H23N4O8PS. The first-order chi connectivity index (χ1) is 12.6. The molecule has 2 heterocycles. The zero-order valence-corrected chi connectivity index (χ0v) is 16.4. The number of aryl methyl sites for hydroxylation is 1. The van der Waals surface area contributed by atoms with Crippen LogP contribution >= 0.6 is 6.72 Å². The summed E-state index contributed by atoms with van der Waals surface area (Å²) in [4.78, 5) is 55.9. The Kier molecular flexibility index (Phi) is 7.16. The lowest BCUT2D eigenvalue weighted by Gasteiger charge is -2.24. The molecule has 1 amide bonds. The largest absolute Gasteiger partial charge is 0.394 e. The van der Waals surface area contributed by atoms with Gasteiger partial charge in [0.25, 0.3) is 6.72 Å². The number of rotatable bonds is 6. The van der Waals surface area contributed by atoms with Gasteiger partial charge < -0.3 is 40.3 Å². The number of nitrogens with two attached hydrogens (primary N) is 1. The summed E-state index contributed by atoms with van der Waals surface area (Å²) in [7, 11) is 1.17. The number of likely N-dealkylation sites (N-methyl/N-ethyl adjacent to an activating group) is 1. The van der Waals surface area contributed by atoms with Crippen molar-refractivity contribution in [2.24, 2.45) is 0 Å². The minimum Gasteiger partial charge on any atom is -0.394 e. The normalized spacial score (nSPS) is 25.6. The van der Waals surface area contributed by atoms with E-state index in [1.807, 2.05) is 0 Å². The molecule has 0 unspecified atom stereocenters. The third-order valence-corrected chi connectivity index (χ3v) is 6.85. The Labute approximate surface area is 157 Å². The average molecular weight is 426 g/mol. The molecule has 1 aliphatic rings. The van der Waals surface area contributed by atoms with E-state index in [0.717, 1.165) is 4.57 Å². The second kappa shape index (κ2) is 8.80. The number of aromatic nitrogens is 2. The Morgan fingerprint density at radius 3 is 2.74 bits per heavy atom. The highest BCUT2D eigenvalue weighted by Gasteiger charge is 2.46. The predicted octanol–water partition coefficient (Wildman–Crippen LogP) is -3.01. The van der Waals surface area contributed by atoms with Crippen LogP contribution in [-0.2, 0) is 25.2 Å². The molecule has 1 aromatic heterocycles. The molecule has 0 spiro atoms. The van der Waals surface area contributed by atoms with Gasteiger partial charge in [0.2, 0.25) is 5.91 Å². The smallest absolute Gasteiger partial charge is 0.351 e. The van der Waals surface area contributed by atoms with Crippen molar-refractivity contribution >= 4 is 29.4 Å². The first kappa shape index (κ1) is 22.0. The van der Waals surface area contributed by atoms with Crippen molar-refractivity contribution in [3.8, 4) is 0 Å². The maximum Gasteiger partial charge on any atom is 0.351 e. The summed E-state index contributed by atoms with van der Waals surface area (Å²) < 4.78 is 12.3. The number of amides is 1. The average Bonchev–Trinajstić information content (AvgIpc) is 2.91. The van der Waals surface area contributed by atoms with Crippen LogP contribution in [0.25, 0.3) is 0 Å². The van der Waals surface area contributed by atoms with E-state index in [0.29, 0.717) is 5.56 Å². The standard InChI is InChI=1S/C13H23N4O8PS/c1-6-3-17(13(20)16-11(6)14)12-9(24-5-8(19)15-2)10(7(4-18)25-12)27-26(21,22)23/h3,7,9-10,12,18,21-23,27H,4-5H2,1-2H3,(H,15,19)(H2,14,16,20)/t7-,9+,10+,12-/m1/s1. The molecule has 4 atom stereocenters. The Bertz CT molecular complexity index is 804. The van der Waals surface area contributed by atoms with Crippen LogP contribution in [-0.4, -0.2) is 73.0 Å². The zero-order valence-electron chi connectivity index (χ0n) is 14.6. The number of aliphatic hydroxyl groups excluding tert-OH is 1. The van der Waals surface area contributed by atoms with Gasteiger partial charge in [0.15, 0.2) is 6.23 Å². The van der Waals surface area contributed by atoms with Crippen molar-refractivity contribution in [1.29, 1.82) is 0 Å². The lowest BCUT2D eigenvalue weighted by atomic mass is 10.2. The van der Waals surface area contributed by atoms with Crippen molar-refractivity contribution in [2.45, 2.75) is 30.6 Å². The molecule has 0 radical (unpaired) electrons. The summed E-state index contributed by atoms with van der Waals surface area (Å²) in [5.74, 6) is -0.426. The van der Waals surface area contributed by atoms with Gasteiger partial charge in [-0.05, 0) is 6.92 Å². The van der Waals surface area contributed by atoms with Gasteiger partial charge >= 0.3 is 5.69 Å². The lowest BCUT2D eigenvalue weighted by Crippen LogP contribution is -2.40. The van der Waals surface area contributed by atoms with E-state index < -0.39 is 55.2 Å². The first-order valence-electron chi connectivity index (χ1n) is 7.80. The van der Waals surface area contributed by atoms with Crippen LogP contribution in [0.1, 0.15) is 11.8 Å². The number of hydrogen-bond acceptors (Lipinski definition) is 7. The summed E-state index contributed by atoms with van der Waals surface area (Å²) in [6.07, 6.45) is -1.79. The first-order valence-corrected chi connectivity index (χ1v) is 11.1. The molecule has 0 saturated carbocycles. The third-order valence-electron chi connectivity index (χ3n) is 3.91. The van der Waals surface area contributed by atoms with E-state index in [-0.39, 0.29) is 16.8 Å². The van der Waals surface area contributed by atoms with Gasteiger partial charge in [-0.15, -0.1) is 10.9 Å². The highest BCUT2D eigenvalue weighted by atomic mass is 32.5. The molecule has 154 valence electrons. The van der Waals surface area contributed by atoms with Gasteiger partial charge in [0.1, 0.15) is 18.5 Å². The number of ether oxygens (including phenoxy) is 2. The van der Waals surface area contributed by atoms with E-state index >= 15 is 0 Å². The number of carbonyl (C=O) groups is 1. The van der Waals surface area contributed by atoms with Crippen LogP contribution in [0, 0.1) is 6.92 Å². The second-order valence-corrected chi connectivity index (χ2v) is 10.0. The SMILES string of the molecule is CNC(=O)CO[C@H]1[C@@H]([SH]=P(O)(O)O)[C@@H](CO)O[C@H]1n1cc(C)c(N)nc1=O. The maximum atomic E-state index is 12.3. The maximum absolute atomic E-state index is 12.3. The molecule has 12 nitrogen and oxygen atoms in total. The third kappa shape index (κ3) is 5.36. The number of hydrogen-bond donors (Lipinski definition) is 7. The van der Waals surface area contributed by atoms with Gasteiger partial charge in [-0.25, -0.2) is 4.79 Å². The summed E-state index contributed by atoms with van der Waals surface area (Å²) in [5, 5.41) is 11.0. The van der Waals surface area contributed by atoms with E-state index in [4.69, 9.17) is 15.2 Å². The lowest BCUT2D eigenvalue weighted by molar-refractivity contribution is -0.130. The van der Waals surface area contributed by atoms with Crippen LogP contribution < -0.4 is 16.7 Å². The van der Waals surface area contributed by atoms with Crippen molar-refractivity contribution in [1.82, 2.24) is 14.9 Å². The molecule has 0 aromatic carbocycles. The van der Waals surface area contributed by atoms with Crippen LogP contribution in [0.4, 0.5) is 5.82 Å². The van der Waals surface area contributed by atoms with Crippen LogP contribution in [0.3, 0.4) is 0 Å². The number of nitrogens with zero attached hydrogens (tertiary/aromatic N) is 2. The van der Waals surface area contributed by atoms with Crippen molar-refractivity contribution < 1.29 is 34.1 Å². The van der Waals surface area contributed by atoms with Crippen molar-refractivity contribution in [3.63, 3.8) is 0 Å². The topological polar surface area (TPSA) is 189 Å². The highest BCUT2D eigenvalue weighted by molar-refractivity contribution is 8.16. The van der Waals surface area contributed by atoms with Gasteiger partial charge in [0.05, 0.1) is 18.0 Å². The Hall–Kier alpha value is -1.31. The fraction of sp³-hybridized carbons (Fsp3) is 0.615. The van der Waals surface area contributed by atoms with E-state index in [9.17, 15) is 29.4 Å². The Balaban J connectivity index is 2.49. The monoisotopic (exact) mass is 426 g/mol. The number of carbonyl (C=O) groups excluding carboxylic acids is 1. The van der Waals surface area contributed by atoms with Gasteiger partial charge in [-0.1, -0.05) is 0 Å². The molecule has 0 aliphatic carbocycles. The predicted molar refractivity (Wildman–Crippen MR) is 98.6 cm³/mol. The van der Waals surface area contributed by atoms with Crippen molar-refractivity contribution in [3.05, 3.63) is 22.2 Å². The summed E-state index contributed by atoms with van der Waals surface area (Å²) in [5.41, 5.74) is 5.36.